The van der Waals surface area contributed by atoms with E-state index in [2.05, 4.69) is 4.99 Å². The highest BCUT2D eigenvalue weighted by Gasteiger charge is 2.17. The van der Waals surface area contributed by atoms with Gasteiger partial charge in [-0.3, -0.25) is 9.59 Å². The zero-order valence-electron chi connectivity index (χ0n) is 14.1. The molecule has 0 saturated heterocycles. The molecule has 26 heavy (non-hydrogen) atoms. The molecule has 0 spiro atoms. The second-order valence-electron chi connectivity index (χ2n) is 5.63. The highest BCUT2D eigenvalue weighted by molar-refractivity contribution is 7.20. The number of rotatable bonds is 3. The molecule has 0 aliphatic carbocycles. The van der Waals surface area contributed by atoms with Gasteiger partial charge in [0.05, 0.1) is 27.2 Å². The van der Waals surface area contributed by atoms with Crippen LogP contribution in [-0.2, 0) is 16.1 Å². The average Bonchev–Trinajstić information content (AvgIpc) is 3.08. The van der Waals surface area contributed by atoms with Crippen molar-refractivity contribution in [1.29, 1.82) is 0 Å². The van der Waals surface area contributed by atoms with Crippen LogP contribution in [0.1, 0.15) is 21.5 Å². The Kier molecular flexibility index (Phi) is 5.53. The van der Waals surface area contributed by atoms with E-state index in [-0.39, 0.29) is 16.4 Å². The maximum atomic E-state index is 12.6. The summed E-state index contributed by atoms with van der Waals surface area (Å²) in [5.74, 6) is -0.924. The zero-order chi connectivity index (χ0) is 19.0. The molecule has 2 heterocycles. The molecule has 5 nitrogen and oxygen atoms in total. The number of hydrogen-bond donors (Lipinski definition) is 0. The first-order valence-corrected chi connectivity index (χ1v) is 9.90. The van der Waals surface area contributed by atoms with Gasteiger partial charge in [0.25, 0.3) is 5.91 Å². The second-order valence-corrected chi connectivity index (χ2v) is 8.89. The number of halogens is 2. The number of aromatic nitrogens is 1. The summed E-state index contributed by atoms with van der Waals surface area (Å²) in [7, 11) is 1.32. The molecular weight excluding hydrogens is 415 g/mol. The van der Waals surface area contributed by atoms with Crippen LogP contribution in [0.5, 0.6) is 0 Å². The van der Waals surface area contributed by atoms with E-state index in [1.807, 2.05) is 26.0 Å². The first-order chi connectivity index (χ1) is 12.3. The highest BCUT2D eigenvalue weighted by Crippen LogP contribution is 2.31. The fourth-order valence-corrected chi connectivity index (χ4v) is 5.10. The maximum Gasteiger partial charge on any atom is 0.325 e. The molecular formula is C17H14Cl2N2O3S2. The number of esters is 1. The van der Waals surface area contributed by atoms with Crippen molar-refractivity contribution in [2.75, 3.05) is 7.11 Å². The number of hydrogen-bond acceptors (Lipinski definition) is 5. The van der Waals surface area contributed by atoms with Gasteiger partial charge in [-0.1, -0.05) is 40.6 Å². The van der Waals surface area contributed by atoms with E-state index < -0.39 is 11.9 Å². The molecule has 0 aliphatic rings. The molecule has 3 rings (SSSR count). The summed E-state index contributed by atoms with van der Waals surface area (Å²) in [6.45, 7) is 3.92. The lowest BCUT2D eigenvalue weighted by atomic mass is 10.1. The van der Waals surface area contributed by atoms with E-state index in [1.54, 1.807) is 4.57 Å². The molecule has 2 aromatic heterocycles. The Balaban J connectivity index is 2.22. The largest absolute Gasteiger partial charge is 0.468 e. The van der Waals surface area contributed by atoms with Crippen molar-refractivity contribution in [3.8, 4) is 0 Å². The van der Waals surface area contributed by atoms with Crippen LogP contribution in [0, 0.1) is 13.8 Å². The van der Waals surface area contributed by atoms with Gasteiger partial charge in [0, 0.05) is 0 Å². The lowest BCUT2D eigenvalue weighted by Crippen LogP contribution is -2.22. The fraction of sp³-hybridized carbons (Fsp3) is 0.235. The molecule has 0 saturated carbocycles. The van der Waals surface area contributed by atoms with Crippen LogP contribution < -0.4 is 4.80 Å². The summed E-state index contributed by atoms with van der Waals surface area (Å²) in [6, 6.07) is 5.50. The number of fused-ring (bicyclic) bond motifs is 1. The molecule has 0 bridgehead atoms. The van der Waals surface area contributed by atoms with Gasteiger partial charge in [-0.25, -0.2) is 0 Å². The van der Waals surface area contributed by atoms with Crippen molar-refractivity contribution in [3.05, 3.63) is 48.4 Å². The van der Waals surface area contributed by atoms with Gasteiger partial charge in [-0.05, 0) is 37.1 Å². The smallest absolute Gasteiger partial charge is 0.325 e. The van der Waals surface area contributed by atoms with Crippen molar-refractivity contribution < 1.29 is 14.3 Å². The number of carbonyl (C=O) groups is 2. The van der Waals surface area contributed by atoms with E-state index in [0.29, 0.717) is 9.14 Å². The number of thiazole rings is 1. The van der Waals surface area contributed by atoms with Crippen LogP contribution in [0.25, 0.3) is 10.2 Å². The Morgan fingerprint density at radius 1 is 1.19 bits per heavy atom. The SMILES string of the molecule is COC(=O)Cn1c(=NC(=O)c2cc(Cl)sc2Cl)sc2c(C)cc(C)cc21. The third-order valence-electron chi connectivity index (χ3n) is 3.71. The molecule has 1 aromatic carbocycles. The van der Waals surface area contributed by atoms with Crippen molar-refractivity contribution in [3.63, 3.8) is 0 Å². The van der Waals surface area contributed by atoms with E-state index in [0.717, 1.165) is 32.7 Å². The fourth-order valence-electron chi connectivity index (χ4n) is 2.58. The van der Waals surface area contributed by atoms with E-state index >= 15 is 0 Å². The van der Waals surface area contributed by atoms with Gasteiger partial charge in [0.2, 0.25) is 0 Å². The molecule has 0 fully saturated rings. The van der Waals surface area contributed by atoms with Gasteiger partial charge in [-0.2, -0.15) is 4.99 Å². The van der Waals surface area contributed by atoms with Crippen LogP contribution in [-0.4, -0.2) is 23.6 Å². The number of carbonyl (C=O) groups excluding carboxylic acids is 2. The number of aryl methyl sites for hydroxylation is 2. The second kappa shape index (κ2) is 7.52. The molecule has 0 unspecified atom stereocenters. The third kappa shape index (κ3) is 3.71. The number of ether oxygens (including phenoxy) is 1. The third-order valence-corrected chi connectivity index (χ3v) is 6.43. The van der Waals surface area contributed by atoms with Crippen molar-refractivity contribution in [2.45, 2.75) is 20.4 Å². The molecule has 9 heteroatoms. The van der Waals surface area contributed by atoms with E-state index in [9.17, 15) is 9.59 Å². The maximum absolute atomic E-state index is 12.6. The first-order valence-electron chi connectivity index (χ1n) is 7.51. The van der Waals surface area contributed by atoms with Crippen LogP contribution in [0.2, 0.25) is 8.67 Å². The predicted octanol–water partition coefficient (Wildman–Crippen LogP) is 4.60. The summed E-state index contributed by atoms with van der Waals surface area (Å²) in [4.78, 5) is 29.0. The molecule has 3 aromatic rings. The number of amides is 1. The average molecular weight is 429 g/mol. The molecule has 136 valence electrons. The predicted molar refractivity (Wildman–Crippen MR) is 106 cm³/mol. The van der Waals surface area contributed by atoms with Gasteiger partial charge in [-0.15, -0.1) is 11.3 Å². The zero-order valence-corrected chi connectivity index (χ0v) is 17.3. The topological polar surface area (TPSA) is 60.7 Å². The van der Waals surface area contributed by atoms with Crippen molar-refractivity contribution >= 4 is 68.0 Å². The van der Waals surface area contributed by atoms with Crippen LogP contribution >= 0.6 is 45.9 Å². The highest BCUT2D eigenvalue weighted by atomic mass is 35.5. The Morgan fingerprint density at radius 3 is 2.54 bits per heavy atom. The summed E-state index contributed by atoms with van der Waals surface area (Å²) in [5, 5.41) is 0. The minimum atomic E-state index is -0.502. The molecule has 0 radical (unpaired) electrons. The quantitative estimate of drug-likeness (QED) is 0.572. The molecule has 0 aliphatic heterocycles. The molecule has 1 amide bonds. The summed E-state index contributed by atoms with van der Waals surface area (Å²) >= 11 is 14.4. The van der Waals surface area contributed by atoms with Crippen LogP contribution in [0.3, 0.4) is 0 Å². The minimum absolute atomic E-state index is 0.0381. The van der Waals surface area contributed by atoms with Crippen molar-refractivity contribution in [2.24, 2.45) is 4.99 Å². The van der Waals surface area contributed by atoms with Gasteiger partial charge in [0.15, 0.2) is 4.80 Å². The minimum Gasteiger partial charge on any atom is -0.468 e. The Bertz CT molecular complexity index is 1100. The molecule has 0 atom stereocenters. The van der Waals surface area contributed by atoms with E-state index in [4.69, 9.17) is 27.9 Å². The van der Waals surface area contributed by atoms with Gasteiger partial charge >= 0.3 is 5.97 Å². The first kappa shape index (κ1) is 19.1. The number of nitrogens with zero attached hydrogens (tertiary/aromatic N) is 2. The summed E-state index contributed by atoms with van der Waals surface area (Å²) in [6.07, 6.45) is 0. The van der Waals surface area contributed by atoms with Gasteiger partial charge in [0.1, 0.15) is 10.9 Å². The molecule has 0 N–H and O–H groups in total. The lowest BCUT2D eigenvalue weighted by molar-refractivity contribution is -0.141. The van der Waals surface area contributed by atoms with Crippen LogP contribution in [0.15, 0.2) is 23.2 Å². The van der Waals surface area contributed by atoms with Crippen LogP contribution in [0.4, 0.5) is 0 Å². The Labute approximate surface area is 167 Å². The monoisotopic (exact) mass is 428 g/mol. The summed E-state index contributed by atoms with van der Waals surface area (Å²) < 4.78 is 8.13. The number of methoxy groups -OCH3 is 1. The standard InChI is InChI=1S/C17H14Cl2N2O3S2/c1-8-4-9(2)14-11(5-8)21(7-13(22)24-3)17(26-14)20-16(23)10-6-12(18)25-15(10)19/h4-6H,7H2,1-3H3. The lowest BCUT2D eigenvalue weighted by Gasteiger charge is -2.05. The summed E-state index contributed by atoms with van der Waals surface area (Å²) in [5.41, 5.74) is 3.18. The normalized spacial score (nSPS) is 12.0. The Hall–Kier alpha value is -1.67. The Morgan fingerprint density at radius 2 is 1.92 bits per heavy atom. The number of thiophene rings is 1. The number of benzene rings is 1. The van der Waals surface area contributed by atoms with Crippen molar-refractivity contribution in [1.82, 2.24) is 4.57 Å². The van der Waals surface area contributed by atoms with E-state index in [1.165, 1.54) is 24.5 Å². The van der Waals surface area contributed by atoms with Gasteiger partial charge < -0.3 is 9.30 Å².